The third-order valence-corrected chi connectivity index (χ3v) is 2.98. The molecule has 0 amide bonds. The Labute approximate surface area is 116 Å². The second kappa shape index (κ2) is 6.88. The van der Waals surface area contributed by atoms with E-state index in [-0.39, 0.29) is 24.0 Å². The van der Waals surface area contributed by atoms with Gasteiger partial charge in [-0.15, -0.1) is 0 Å². The van der Waals surface area contributed by atoms with Crippen molar-refractivity contribution < 1.29 is 14.8 Å². The van der Waals surface area contributed by atoms with E-state index < -0.39 is 10.9 Å². The van der Waals surface area contributed by atoms with Crippen LogP contribution in [0, 0.1) is 17.0 Å². The Morgan fingerprint density at radius 1 is 1.55 bits per heavy atom. The normalized spacial score (nSPS) is 12.2. The molecule has 20 heavy (non-hydrogen) atoms. The SMILES string of the molecule is CCCC(CC(=O)O)Nc1c([N+](=O)[O-])c(C)nn1CC. The predicted molar refractivity (Wildman–Crippen MR) is 73.9 cm³/mol. The van der Waals surface area contributed by atoms with Crippen LogP contribution in [-0.2, 0) is 11.3 Å². The number of carboxylic acids is 1. The van der Waals surface area contributed by atoms with Gasteiger partial charge >= 0.3 is 11.7 Å². The quantitative estimate of drug-likeness (QED) is 0.559. The molecule has 0 radical (unpaired) electrons. The fourth-order valence-electron chi connectivity index (χ4n) is 2.14. The highest BCUT2D eigenvalue weighted by Gasteiger charge is 2.27. The average molecular weight is 284 g/mol. The average Bonchev–Trinajstić information content (AvgIpc) is 2.64. The van der Waals surface area contributed by atoms with Crippen LogP contribution >= 0.6 is 0 Å². The summed E-state index contributed by atoms with van der Waals surface area (Å²) in [5, 5.41) is 27.1. The molecular formula is C12H20N4O4. The van der Waals surface area contributed by atoms with Crippen LogP contribution in [0.15, 0.2) is 0 Å². The van der Waals surface area contributed by atoms with Gasteiger partial charge in [0.05, 0.1) is 11.3 Å². The minimum atomic E-state index is -0.933. The Bertz CT molecular complexity index is 498. The molecule has 0 bridgehead atoms. The fourth-order valence-corrected chi connectivity index (χ4v) is 2.14. The van der Waals surface area contributed by atoms with Crippen molar-refractivity contribution in [3.63, 3.8) is 0 Å². The molecule has 8 nitrogen and oxygen atoms in total. The number of nitrogens with one attached hydrogen (secondary N) is 1. The molecule has 0 aliphatic heterocycles. The number of carboxylic acid groups (broad SMARTS) is 1. The van der Waals surface area contributed by atoms with Crippen LogP contribution in [-0.4, -0.2) is 31.8 Å². The molecule has 2 N–H and O–H groups in total. The number of rotatable bonds is 8. The summed E-state index contributed by atoms with van der Waals surface area (Å²) in [6.45, 7) is 5.81. The number of hydrogen-bond donors (Lipinski definition) is 2. The third-order valence-electron chi connectivity index (χ3n) is 2.98. The lowest BCUT2D eigenvalue weighted by molar-refractivity contribution is -0.384. The van der Waals surface area contributed by atoms with E-state index in [9.17, 15) is 14.9 Å². The molecular weight excluding hydrogens is 264 g/mol. The predicted octanol–water partition coefficient (Wildman–Crippen LogP) is 2.17. The highest BCUT2D eigenvalue weighted by Crippen LogP contribution is 2.29. The summed E-state index contributed by atoms with van der Waals surface area (Å²) < 4.78 is 1.50. The first-order valence-electron chi connectivity index (χ1n) is 6.60. The molecule has 0 fully saturated rings. The summed E-state index contributed by atoms with van der Waals surface area (Å²) in [7, 11) is 0. The molecule has 1 rings (SSSR count). The van der Waals surface area contributed by atoms with E-state index in [4.69, 9.17) is 5.11 Å². The Hall–Kier alpha value is -2.12. The number of aromatic nitrogens is 2. The zero-order chi connectivity index (χ0) is 15.3. The third kappa shape index (κ3) is 3.69. The van der Waals surface area contributed by atoms with Gasteiger partial charge in [0.25, 0.3) is 0 Å². The molecule has 0 aliphatic carbocycles. The number of aryl methyl sites for hydroxylation is 2. The van der Waals surface area contributed by atoms with Crippen LogP contribution in [0.4, 0.5) is 11.5 Å². The summed E-state index contributed by atoms with van der Waals surface area (Å²) in [5.74, 6) is -0.646. The van der Waals surface area contributed by atoms with Crippen molar-refractivity contribution in [1.29, 1.82) is 0 Å². The number of nitrogens with zero attached hydrogens (tertiary/aromatic N) is 3. The summed E-state index contributed by atoms with van der Waals surface area (Å²) in [4.78, 5) is 21.5. The van der Waals surface area contributed by atoms with Crippen LogP contribution in [0.2, 0.25) is 0 Å². The molecule has 1 unspecified atom stereocenters. The minimum Gasteiger partial charge on any atom is -0.481 e. The first kappa shape index (κ1) is 15.9. The molecule has 1 heterocycles. The molecule has 1 atom stereocenters. The van der Waals surface area contributed by atoms with Crippen molar-refractivity contribution in [2.24, 2.45) is 0 Å². The van der Waals surface area contributed by atoms with Gasteiger partial charge in [-0.3, -0.25) is 14.9 Å². The molecule has 0 saturated carbocycles. The van der Waals surface area contributed by atoms with E-state index >= 15 is 0 Å². The van der Waals surface area contributed by atoms with E-state index in [1.54, 1.807) is 6.92 Å². The van der Waals surface area contributed by atoms with Crippen LogP contribution in [0.1, 0.15) is 38.8 Å². The molecule has 0 aromatic carbocycles. The lowest BCUT2D eigenvalue weighted by atomic mass is 10.1. The number of nitro groups is 1. The first-order chi connectivity index (χ1) is 9.40. The van der Waals surface area contributed by atoms with Crippen LogP contribution in [0.3, 0.4) is 0 Å². The van der Waals surface area contributed by atoms with Crippen molar-refractivity contribution in [2.75, 3.05) is 5.32 Å². The fraction of sp³-hybridized carbons (Fsp3) is 0.667. The Morgan fingerprint density at radius 2 is 2.20 bits per heavy atom. The number of anilines is 1. The largest absolute Gasteiger partial charge is 0.481 e. The highest BCUT2D eigenvalue weighted by atomic mass is 16.6. The Morgan fingerprint density at radius 3 is 2.65 bits per heavy atom. The molecule has 0 spiro atoms. The molecule has 8 heteroatoms. The van der Waals surface area contributed by atoms with Crippen molar-refractivity contribution >= 4 is 17.5 Å². The maximum absolute atomic E-state index is 11.1. The van der Waals surface area contributed by atoms with E-state index in [2.05, 4.69) is 10.4 Å². The van der Waals surface area contributed by atoms with Gasteiger partial charge in [-0.05, 0) is 20.3 Å². The van der Waals surface area contributed by atoms with Gasteiger partial charge < -0.3 is 10.4 Å². The lowest BCUT2D eigenvalue weighted by Gasteiger charge is -2.17. The van der Waals surface area contributed by atoms with Crippen molar-refractivity contribution in [3.05, 3.63) is 15.8 Å². The van der Waals surface area contributed by atoms with Gasteiger partial charge in [0, 0.05) is 12.6 Å². The molecule has 1 aromatic heterocycles. The monoisotopic (exact) mass is 284 g/mol. The molecule has 112 valence electrons. The summed E-state index contributed by atoms with van der Waals surface area (Å²) in [6, 6.07) is -0.349. The molecule has 0 saturated heterocycles. The minimum absolute atomic E-state index is 0.0844. The Balaban J connectivity index is 3.09. The number of carbonyl (C=O) groups is 1. The van der Waals surface area contributed by atoms with Gasteiger partial charge in [0.2, 0.25) is 5.82 Å². The maximum Gasteiger partial charge on any atom is 0.333 e. The van der Waals surface area contributed by atoms with E-state index in [0.717, 1.165) is 6.42 Å². The van der Waals surface area contributed by atoms with Crippen molar-refractivity contribution in [2.45, 2.75) is 52.6 Å². The molecule has 1 aromatic rings. The zero-order valence-corrected chi connectivity index (χ0v) is 11.9. The van der Waals surface area contributed by atoms with Gasteiger partial charge in [-0.1, -0.05) is 13.3 Å². The lowest BCUT2D eigenvalue weighted by Crippen LogP contribution is -2.25. The first-order valence-corrected chi connectivity index (χ1v) is 6.60. The van der Waals surface area contributed by atoms with Gasteiger partial charge in [-0.25, -0.2) is 4.68 Å². The number of aliphatic carboxylic acids is 1. The second-order valence-electron chi connectivity index (χ2n) is 4.58. The smallest absolute Gasteiger partial charge is 0.333 e. The van der Waals surface area contributed by atoms with E-state index in [0.29, 0.717) is 18.7 Å². The second-order valence-corrected chi connectivity index (χ2v) is 4.58. The summed E-state index contributed by atoms with van der Waals surface area (Å²) in [6.07, 6.45) is 1.33. The van der Waals surface area contributed by atoms with Crippen LogP contribution in [0.25, 0.3) is 0 Å². The van der Waals surface area contributed by atoms with Crippen LogP contribution in [0.5, 0.6) is 0 Å². The van der Waals surface area contributed by atoms with E-state index in [1.165, 1.54) is 4.68 Å². The van der Waals surface area contributed by atoms with E-state index in [1.807, 2.05) is 13.8 Å². The maximum atomic E-state index is 11.1. The van der Waals surface area contributed by atoms with Crippen LogP contribution < -0.4 is 5.32 Å². The zero-order valence-electron chi connectivity index (χ0n) is 11.9. The topological polar surface area (TPSA) is 110 Å². The van der Waals surface area contributed by atoms with Gasteiger partial charge in [0.1, 0.15) is 5.69 Å². The van der Waals surface area contributed by atoms with Crippen molar-refractivity contribution in [1.82, 2.24) is 9.78 Å². The number of hydrogen-bond acceptors (Lipinski definition) is 5. The summed E-state index contributed by atoms with van der Waals surface area (Å²) in [5.41, 5.74) is 0.239. The summed E-state index contributed by atoms with van der Waals surface area (Å²) >= 11 is 0. The van der Waals surface area contributed by atoms with Crippen molar-refractivity contribution in [3.8, 4) is 0 Å². The van der Waals surface area contributed by atoms with Gasteiger partial charge in [0.15, 0.2) is 0 Å². The Kier molecular flexibility index (Phi) is 5.48. The standard InChI is InChI=1S/C12H20N4O4/c1-4-6-9(7-10(17)18)13-12-11(16(19)20)8(3)14-15(12)5-2/h9,13H,4-7H2,1-3H3,(H,17,18). The highest BCUT2D eigenvalue weighted by molar-refractivity contribution is 5.69. The van der Waals surface area contributed by atoms with Gasteiger partial charge in [-0.2, -0.15) is 5.10 Å². The molecule has 0 aliphatic rings.